The van der Waals surface area contributed by atoms with E-state index in [1.54, 1.807) is 0 Å². The number of thiophene rings is 1. The number of hydrogen-bond acceptors (Lipinski definition) is 4. The highest BCUT2D eigenvalue weighted by Gasteiger charge is 2.39. The van der Waals surface area contributed by atoms with Crippen LogP contribution in [0.2, 0.25) is 0 Å². The molecule has 0 bridgehead atoms. The molecule has 1 aromatic carbocycles. The van der Waals surface area contributed by atoms with Gasteiger partial charge < -0.3 is 0 Å². The number of Topliss-reactive ketones (excluding diaryl/α,β-unsaturated/α-hetero) is 1. The molecule has 2 atom stereocenters. The summed E-state index contributed by atoms with van der Waals surface area (Å²) in [4.78, 5) is 20.2. The van der Waals surface area contributed by atoms with Crippen LogP contribution in [0.1, 0.15) is 59.8 Å². The SMILES string of the molecule is O=C(c1ccccc1)[C@@H]([C@H](c1cccs1)N1CCCCC1)N1CCCCC1. The van der Waals surface area contributed by atoms with E-state index in [0.717, 1.165) is 31.7 Å². The molecule has 1 aromatic heterocycles. The van der Waals surface area contributed by atoms with Crippen molar-refractivity contribution in [2.75, 3.05) is 26.2 Å². The number of carbonyl (C=O) groups is 1. The van der Waals surface area contributed by atoms with Crippen LogP contribution in [0, 0.1) is 0 Å². The first-order valence-electron chi connectivity index (χ1n) is 10.5. The Morgan fingerprint density at radius 2 is 1.41 bits per heavy atom. The third kappa shape index (κ3) is 4.34. The molecule has 0 amide bonds. The Bertz CT molecular complexity index is 703. The van der Waals surface area contributed by atoms with E-state index in [1.807, 2.05) is 41.7 Å². The minimum absolute atomic E-state index is 0.0792. The van der Waals surface area contributed by atoms with Crippen LogP contribution in [0.25, 0.3) is 0 Å². The zero-order valence-corrected chi connectivity index (χ0v) is 16.9. The molecule has 4 heteroatoms. The summed E-state index contributed by atoms with van der Waals surface area (Å²) in [5.74, 6) is 0.293. The smallest absolute Gasteiger partial charge is 0.181 e. The van der Waals surface area contributed by atoms with Gasteiger partial charge in [-0.15, -0.1) is 11.3 Å². The highest BCUT2D eigenvalue weighted by molar-refractivity contribution is 7.10. The average molecular weight is 383 g/mol. The van der Waals surface area contributed by atoms with Gasteiger partial charge in [-0.25, -0.2) is 0 Å². The Morgan fingerprint density at radius 1 is 0.778 bits per heavy atom. The fourth-order valence-electron chi connectivity index (χ4n) is 4.67. The van der Waals surface area contributed by atoms with Gasteiger partial charge in [0.25, 0.3) is 0 Å². The zero-order valence-electron chi connectivity index (χ0n) is 16.1. The third-order valence-corrected chi connectivity index (χ3v) is 6.97. The Kier molecular flexibility index (Phi) is 6.38. The van der Waals surface area contributed by atoms with Crippen molar-refractivity contribution in [1.29, 1.82) is 0 Å². The molecule has 2 aliphatic rings. The average Bonchev–Trinajstić information content (AvgIpc) is 3.28. The number of likely N-dealkylation sites (tertiary alicyclic amines) is 2. The van der Waals surface area contributed by atoms with E-state index in [2.05, 4.69) is 27.3 Å². The van der Waals surface area contributed by atoms with Crippen molar-refractivity contribution in [3.05, 3.63) is 58.3 Å². The van der Waals surface area contributed by atoms with Gasteiger partial charge in [0.2, 0.25) is 0 Å². The van der Waals surface area contributed by atoms with Crippen LogP contribution in [0.5, 0.6) is 0 Å². The summed E-state index contributed by atoms with van der Waals surface area (Å²) in [5.41, 5.74) is 0.853. The van der Waals surface area contributed by atoms with Gasteiger partial charge in [-0.1, -0.05) is 49.2 Å². The van der Waals surface area contributed by atoms with E-state index >= 15 is 0 Å². The van der Waals surface area contributed by atoms with Crippen molar-refractivity contribution < 1.29 is 4.79 Å². The van der Waals surface area contributed by atoms with Gasteiger partial charge >= 0.3 is 0 Å². The number of nitrogens with zero attached hydrogens (tertiary/aromatic N) is 2. The number of hydrogen-bond donors (Lipinski definition) is 0. The molecule has 0 aliphatic carbocycles. The lowest BCUT2D eigenvalue weighted by atomic mass is 9.91. The molecule has 0 saturated carbocycles. The maximum atomic E-state index is 13.8. The molecule has 2 saturated heterocycles. The lowest BCUT2D eigenvalue weighted by Crippen LogP contribution is -2.53. The quantitative estimate of drug-likeness (QED) is 0.656. The van der Waals surface area contributed by atoms with Crippen molar-refractivity contribution in [1.82, 2.24) is 9.80 Å². The fourth-order valence-corrected chi connectivity index (χ4v) is 5.56. The Morgan fingerprint density at radius 3 is 2.00 bits per heavy atom. The van der Waals surface area contributed by atoms with Crippen LogP contribution in [0.3, 0.4) is 0 Å². The van der Waals surface area contributed by atoms with Crippen molar-refractivity contribution in [2.24, 2.45) is 0 Å². The van der Waals surface area contributed by atoms with Crippen LogP contribution in [0.4, 0.5) is 0 Å². The lowest BCUT2D eigenvalue weighted by molar-refractivity contribution is 0.0435. The van der Waals surface area contributed by atoms with Crippen molar-refractivity contribution in [3.63, 3.8) is 0 Å². The summed E-state index contributed by atoms with van der Waals surface area (Å²) in [6.45, 7) is 4.29. The van der Waals surface area contributed by atoms with Gasteiger partial charge in [0.05, 0.1) is 12.1 Å². The molecular weight excluding hydrogens is 352 g/mol. The molecule has 0 unspecified atom stereocenters. The highest BCUT2D eigenvalue weighted by Crippen LogP contribution is 2.35. The normalized spacial score (nSPS) is 21.6. The van der Waals surface area contributed by atoms with Crippen LogP contribution in [-0.2, 0) is 0 Å². The summed E-state index contributed by atoms with van der Waals surface area (Å²) >= 11 is 1.81. The van der Waals surface area contributed by atoms with Crippen molar-refractivity contribution in [2.45, 2.75) is 50.6 Å². The number of rotatable bonds is 6. The van der Waals surface area contributed by atoms with Crippen molar-refractivity contribution in [3.8, 4) is 0 Å². The molecule has 144 valence electrons. The second-order valence-corrected chi connectivity index (χ2v) is 8.81. The lowest BCUT2D eigenvalue weighted by Gasteiger charge is -2.44. The molecule has 27 heavy (non-hydrogen) atoms. The molecule has 2 aliphatic heterocycles. The van der Waals surface area contributed by atoms with E-state index in [-0.39, 0.29) is 12.1 Å². The first kappa shape index (κ1) is 18.9. The van der Waals surface area contributed by atoms with E-state index in [4.69, 9.17) is 0 Å². The standard InChI is InChI=1S/C23H30N2OS/c26-23(19-11-4-1-5-12-19)22(25-16-8-3-9-17-25)21(20-13-10-18-27-20)24-14-6-2-7-15-24/h1,4-5,10-13,18,21-22H,2-3,6-9,14-17H2/t21-,22+/m0/s1. The topological polar surface area (TPSA) is 23.6 Å². The minimum atomic E-state index is -0.0792. The summed E-state index contributed by atoms with van der Waals surface area (Å²) in [7, 11) is 0. The molecule has 4 rings (SSSR count). The summed E-state index contributed by atoms with van der Waals surface area (Å²) < 4.78 is 0. The first-order valence-corrected chi connectivity index (χ1v) is 11.3. The highest BCUT2D eigenvalue weighted by atomic mass is 32.1. The first-order chi connectivity index (χ1) is 13.3. The molecule has 3 heterocycles. The fraction of sp³-hybridized carbons (Fsp3) is 0.522. The minimum Gasteiger partial charge on any atom is -0.294 e. The Hall–Kier alpha value is -1.49. The third-order valence-electron chi connectivity index (χ3n) is 6.03. The van der Waals surface area contributed by atoms with Crippen LogP contribution < -0.4 is 0 Å². The zero-order chi connectivity index (χ0) is 18.5. The maximum Gasteiger partial charge on any atom is 0.181 e. The van der Waals surface area contributed by atoms with Gasteiger partial charge in [0.1, 0.15) is 0 Å². The second-order valence-electron chi connectivity index (χ2n) is 7.83. The van der Waals surface area contributed by atoms with Crippen LogP contribution >= 0.6 is 11.3 Å². The van der Waals surface area contributed by atoms with Gasteiger partial charge in [0.15, 0.2) is 5.78 Å². The predicted octanol–water partition coefficient (Wildman–Crippen LogP) is 5.01. The van der Waals surface area contributed by atoms with E-state index in [0.29, 0.717) is 5.78 Å². The molecule has 2 aromatic rings. The van der Waals surface area contributed by atoms with Gasteiger partial charge in [-0.3, -0.25) is 14.6 Å². The van der Waals surface area contributed by atoms with Gasteiger partial charge in [-0.05, 0) is 63.3 Å². The van der Waals surface area contributed by atoms with E-state index < -0.39 is 0 Å². The maximum absolute atomic E-state index is 13.8. The van der Waals surface area contributed by atoms with Gasteiger partial charge in [0, 0.05) is 10.4 Å². The summed E-state index contributed by atoms with van der Waals surface area (Å²) in [6.07, 6.45) is 7.50. The molecule has 0 spiro atoms. The van der Waals surface area contributed by atoms with Crippen LogP contribution in [-0.4, -0.2) is 47.8 Å². The molecule has 2 fully saturated rings. The largest absolute Gasteiger partial charge is 0.294 e. The summed E-state index contributed by atoms with van der Waals surface area (Å²) in [6, 6.07) is 14.4. The Labute approximate surface area is 167 Å². The van der Waals surface area contributed by atoms with Crippen molar-refractivity contribution >= 4 is 17.1 Å². The van der Waals surface area contributed by atoms with E-state index in [9.17, 15) is 4.79 Å². The monoisotopic (exact) mass is 382 g/mol. The van der Waals surface area contributed by atoms with E-state index in [1.165, 1.54) is 43.4 Å². The molecular formula is C23H30N2OS. The molecule has 3 nitrogen and oxygen atoms in total. The number of piperidine rings is 2. The number of carbonyl (C=O) groups excluding carboxylic acids is 1. The Balaban J connectivity index is 1.72. The second kappa shape index (κ2) is 9.13. The molecule has 0 N–H and O–H groups in total. The molecule has 0 radical (unpaired) electrons. The number of ketones is 1. The summed E-state index contributed by atoms with van der Waals surface area (Å²) in [5, 5.41) is 2.16. The van der Waals surface area contributed by atoms with Crippen LogP contribution in [0.15, 0.2) is 47.8 Å². The van der Waals surface area contributed by atoms with Gasteiger partial charge in [-0.2, -0.15) is 0 Å². The number of benzene rings is 1. The predicted molar refractivity (Wildman–Crippen MR) is 112 cm³/mol.